The Balaban J connectivity index is 2.13. The predicted octanol–water partition coefficient (Wildman–Crippen LogP) is 0.661. The maximum absolute atomic E-state index is 12.0. The number of halogens is 1. The van der Waals surface area contributed by atoms with Gasteiger partial charge in [-0.1, -0.05) is 11.6 Å². The van der Waals surface area contributed by atoms with E-state index in [9.17, 15) is 9.59 Å². The molecule has 1 N–H and O–H groups in total. The van der Waals surface area contributed by atoms with Crippen LogP contribution in [0, 0.1) is 0 Å². The van der Waals surface area contributed by atoms with E-state index in [2.05, 4.69) is 15.2 Å². The molecule has 1 aliphatic heterocycles. The number of aromatic nitrogens is 2. The van der Waals surface area contributed by atoms with E-state index in [4.69, 9.17) is 16.3 Å². The molecule has 110 valence electrons. The Morgan fingerprint density at radius 3 is 2.95 bits per heavy atom. The maximum atomic E-state index is 12.0. The third-order valence-electron chi connectivity index (χ3n) is 3.07. The van der Waals surface area contributed by atoms with Gasteiger partial charge < -0.3 is 14.8 Å². The van der Waals surface area contributed by atoms with Crippen LogP contribution in [-0.4, -0.2) is 42.1 Å². The summed E-state index contributed by atoms with van der Waals surface area (Å²) >= 11 is 6.03. The number of esters is 1. The summed E-state index contributed by atoms with van der Waals surface area (Å²) in [6.07, 6.45) is 3.14. The van der Waals surface area contributed by atoms with Crippen molar-refractivity contribution in [3.63, 3.8) is 0 Å². The first-order valence-corrected chi connectivity index (χ1v) is 6.66. The first-order valence-electron chi connectivity index (χ1n) is 6.28. The lowest BCUT2D eigenvalue weighted by Crippen LogP contribution is -2.31. The lowest BCUT2D eigenvalue weighted by molar-refractivity contribution is -0.141. The zero-order chi connectivity index (χ0) is 14.5. The molecule has 0 aliphatic carbocycles. The van der Waals surface area contributed by atoms with Crippen molar-refractivity contribution in [3.8, 4) is 0 Å². The molecule has 0 spiro atoms. The minimum Gasteiger partial charge on any atom is -0.468 e. The van der Waals surface area contributed by atoms with Crippen LogP contribution in [0.3, 0.4) is 0 Å². The highest BCUT2D eigenvalue weighted by molar-refractivity contribution is 6.32. The molecule has 0 bridgehead atoms. The van der Waals surface area contributed by atoms with E-state index in [0.29, 0.717) is 18.9 Å². The number of rotatable bonds is 4. The highest BCUT2D eigenvalue weighted by Gasteiger charge is 2.17. The molecular weight excluding hydrogens is 286 g/mol. The van der Waals surface area contributed by atoms with Crippen molar-refractivity contribution in [2.24, 2.45) is 0 Å². The van der Waals surface area contributed by atoms with Gasteiger partial charge in [0.1, 0.15) is 11.6 Å². The van der Waals surface area contributed by atoms with E-state index < -0.39 is 11.5 Å². The van der Waals surface area contributed by atoms with E-state index in [-0.39, 0.29) is 17.6 Å². The van der Waals surface area contributed by atoms with Crippen molar-refractivity contribution < 1.29 is 14.3 Å². The largest absolute Gasteiger partial charge is 0.468 e. The summed E-state index contributed by atoms with van der Waals surface area (Å²) in [5, 5.41) is 7.12. The number of nitrogens with zero attached hydrogens (tertiary/aromatic N) is 2. The smallest absolute Gasteiger partial charge is 0.327 e. The van der Waals surface area contributed by atoms with E-state index in [1.54, 1.807) is 0 Å². The molecule has 0 radical (unpaired) electrons. The Morgan fingerprint density at radius 2 is 2.30 bits per heavy atom. The number of nitrogens with one attached hydrogen (secondary N) is 1. The number of ether oxygens (including phenoxy) is 2. The monoisotopic (exact) mass is 301 g/mol. The van der Waals surface area contributed by atoms with Gasteiger partial charge in [0.2, 0.25) is 0 Å². The molecule has 1 saturated heterocycles. The molecule has 0 amide bonds. The Morgan fingerprint density at radius 1 is 1.60 bits per heavy atom. The van der Waals surface area contributed by atoms with Crippen LogP contribution in [0.25, 0.3) is 0 Å². The Bertz CT molecular complexity index is 540. The average molecular weight is 302 g/mol. The number of anilines is 1. The molecule has 20 heavy (non-hydrogen) atoms. The van der Waals surface area contributed by atoms with Crippen LogP contribution < -0.4 is 10.9 Å². The highest BCUT2D eigenvalue weighted by Crippen LogP contribution is 2.19. The number of methoxy groups -OCH3 is 1. The lowest BCUT2D eigenvalue weighted by atomic mass is 10.1. The van der Waals surface area contributed by atoms with Crippen LogP contribution in [0.15, 0.2) is 11.0 Å². The van der Waals surface area contributed by atoms with E-state index >= 15 is 0 Å². The van der Waals surface area contributed by atoms with Gasteiger partial charge in [0, 0.05) is 19.3 Å². The van der Waals surface area contributed by atoms with Gasteiger partial charge in [-0.15, -0.1) is 0 Å². The summed E-state index contributed by atoms with van der Waals surface area (Å²) in [4.78, 5) is 23.1. The molecule has 7 nitrogen and oxygen atoms in total. The average Bonchev–Trinajstić information content (AvgIpc) is 2.48. The molecule has 0 unspecified atom stereocenters. The molecular formula is C12H16ClN3O4. The van der Waals surface area contributed by atoms with Gasteiger partial charge in [0.25, 0.3) is 5.56 Å². The van der Waals surface area contributed by atoms with Crippen LogP contribution in [0.1, 0.15) is 12.8 Å². The van der Waals surface area contributed by atoms with Crippen LogP contribution in [0.2, 0.25) is 5.02 Å². The minimum atomic E-state index is -0.555. The molecule has 1 aliphatic rings. The zero-order valence-corrected chi connectivity index (χ0v) is 11.9. The Labute approximate surface area is 120 Å². The summed E-state index contributed by atoms with van der Waals surface area (Å²) in [5.41, 5.74) is -0.0428. The van der Waals surface area contributed by atoms with Gasteiger partial charge in [0.15, 0.2) is 0 Å². The van der Waals surface area contributed by atoms with Gasteiger partial charge in [-0.25, -0.2) is 4.68 Å². The second-order valence-electron chi connectivity index (χ2n) is 4.44. The van der Waals surface area contributed by atoms with Crippen molar-refractivity contribution in [2.45, 2.75) is 25.4 Å². The Kier molecular flexibility index (Phi) is 4.97. The van der Waals surface area contributed by atoms with Crippen LogP contribution in [0.4, 0.5) is 5.69 Å². The molecule has 1 fully saturated rings. The van der Waals surface area contributed by atoms with Crippen molar-refractivity contribution in [2.75, 3.05) is 25.6 Å². The van der Waals surface area contributed by atoms with Gasteiger partial charge in [0.05, 0.1) is 19.0 Å². The zero-order valence-electron chi connectivity index (χ0n) is 11.1. The minimum absolute atomic E-state index is 0.0235. The van der Waals surface area contributed by atoms with Gasteiger partial charge in [-0.05, 0) is 12.8 Å². The number of carbonyl (C=O) groups excluding carboxylic acids is 1. The summed E-state index contributed by atoms with van der Waals surface area (Å²) in [5.74, 6) is -0.555. The summed E-state index contributed by atoms with van der Waals surface area (Å²) in [6, 6.07) is 0.207. The van der Waals surface area contributed by atoms with E-state index in [1.165, 1.54) is 13.3 Å². The third kappa shape index (κ3) is 3.49. The predicted molar refractivity (Wildman–Crippen MR) is 73.0 cm³/mol. The van der Waals surface area contributed by atoms with Crippen LogP contribution in [0.5, 0.6) is 0 Å². The summed E-state index contributed by atoms with van der Waals surface area (Å²) in [7, 11) is 1.25. The van der Waals surface area contributed by atoms with Gasteiger partial charge in [-0.3, -0.25) is 9.59 Å². The molecule has 0 saturated carbocycles. The normalized spacial score (nSPS) is 15.9. The van der Waals surface area contributed by atoms with Gasteiger partial charge >= 0.3 is 5.97 Å². The number of carbonyl (C=O) groups is 1. The third-order valence-corrected chi connectivity index (χ3v) is 3.44. The van der Waals surface area contributed by atoms with E-state index in [1.807, 2.05) is 0 Å². The second-order valence-corrected chi connectivity index (χ2v) is 4.82. The molecule has 1 aromatic heterocycles. The first-order chi connectivity index (χ1) is 9.61. The van der Waals surface area contributed by atoms with Crippen molar-refractivity contribution in [1.29, 1.82) is 0 Å². The summed E-state index contributed by atoms with van der Waals surface area (Å²) in [6.45, 7) is 1.11. The summed E-state index contributed by atoms with van der Waals surface area (Å²) < 4.78 is 10.7. The highest BCUT2D eigenvalue weighted by atomic mass is 35.5. The fourth-order valence-electron chi connectivity index (χ4n) is 1.93. The second kappa shape index (κ2) is 6.71. The molecule has 2 rings (SSSR count). The maximum Gasteiger partial charge on any atom is 0.327 e. The fraction of sp³-hybridized carbons (Fsp3) is 0.583. The molecule has 2 heterocycles. The lowest BCUT2D eigenvalue weighted by Gasteiger charge is -2.24. The Hall–Kier alpha value is -1.60. The number of hydrogen-bond acceptors (Lipinski definition) is 6. The van der Waals surface area contributed by atoms with Crippen molar-refractivity contribution in [3.05, 3.63) is 21.6 Å². The molecule has 1 aromatic rings. The number of hydrogen-bond donors (Lipinski definition) is 1. The fourth-order valence-corrected chi connectivity index (χ4v) is 2.13. The standard InChI is InChI=1S/C12H16ClN3O4/c1-19-10(17)7-16-12(18)11(13)9(6-14-16)15-8-2-4-20-5-3-8/h6,8,15H,2-5,7H2,1H3. The SMILES string of the molecule is COC(=O)Cn1ncc(NC2CCOCC2)c(Cl)c1=O. The molecule has 0 aromatic carbocycles. The first kappa shape index (κ1) is 14.8. The van der Waals surface area contributed by atoms with E-state index in [0.717, 1.165) is 17.5 Å². The van der Waals surface area contributed by atoms with Gasteiger partial charge in [-0.2, -0.15) is 5.10 Å². The van der Waals surface area contributed by atoms with Crippen LogP contribution >= 0.6 is 11.6 Å². The van der Waals surface area contributed by atoms with Crippen molar-refractivity contribution in [1.82, 2.24) is 9.78 Å². The van der Waals surface area contributed by atoms with Crippen LogP contribution in [-0.2, 0) is 20.8 Å². The molecule has 0 atom stereocenters. The topological polar surface area (TPSA) is 82.5 Å². The molecule has 8 heteroatoms. The van der Waals surface area contributed by atoms with Crippen molar-refractivity contribution >= 4 is 23.3 Å². The quantitative estimate of drug-likeness (QED) is 0.823.